The first-order valence-electron chi connectivity index (χ1n) is 8.78. The number of hydrogen-bond acceptors (Lipinski definition) is 4. The molecule has 2 aromatic carbocycles. The van der Waals surface area contributed by atoms with Gasteiger partial charge in [-0.1, -0.05) is 36.0 Å². The van der Waals surface area contributed by atoms with Gasteiger partial charge in [-0.3, -0.25) is 9.59 Å². The number of para-hydroxylation sites is 2. The van der Waals surface area contributed by atoms with Crippen LogP contribution in [0.2, 0.25) is 0 Å². The zero-order valence-corrected chi connectivity index (χ0v) is 16.2. The summed E-state index contributed by atoms with van der Waals surface area (Å²) < 4.78 is 2.11. The molecule has 0 aliphatic heterocycles. The molecule has 0 spiro atoms. The second-order valence-corrected chi connectivity index (χ2v) is 6.91. The predicted molar refractivity (Wildman–Crippen MR) is 108 cm³/mol. The summed E-state index contributed by atoms with van der Waals surface area (Å²) in [6.07, 6.45) is 0. The maximum absolute atomic E-state index is 12.2. The number of nitrogens with one attached hydrogen (secondary N) is 2. The van der Waals surface area contributed by atoms with Gasteiger partial charge < -0.3 is 15.2 Å². The van der Waals surface area contributed by atoms with Crippen LogP contribution in [0.25, 0.3) is 11.0 Å². The Kier molecular flexibility index (Phi) is 6.13. The minimum absolute atomic E-state index is 0.0694. The molecular weight excluding hydrogens is 360 g/mol. The number of aryl methyl sites for hydroxylation is 1. The molecule has 0 unspecified atom stereocenters. The van der Waals surface area contributed by atoms with Crippen molar-refractivity contribution in [3.8, 4) is 0 Å². The highest BCUT2D eigenvalue weighted by Crippen LogP contribution is 2.23. The number of carbonyl (C=O) groups excluding carboxylic acids is 2. The van der Waals surface area contributed by atoms with Crippen LogP contribution in [0.1, 0.15) is 22.8 Å². The molecule has 140 valence electrons. The number of benzene rings is 2. The molecule has 2 N–H and O–H groups in total. The molecule has 0 saturated heterocycles. The van der Waals surface area contributed by atoms with Crippen LogP contribution in [0.3, 0.4) is 0 Å². The third-order valence-corrected chi connectivity index (χ3v) is 5.15. The summed E-state index contributed by atoms with van der Waals surface area (Å²) in [6.45, 7) is 3.25. The average molecular weight is 382 g/mol. The van der Waals surface area contributed by atoms with E-state index in [0.29, 0.717) is 17.9 Å². The molecule has 1 aromatic heterocycles. The van der Waals surface area contributed by atoms with Gasteiger partial charge in [0.1, 0.15) is 0 Å². The maximum atomic E-state index is 12.2. The normalized spacial score (nSPS) is 10.7. The van der Waals surface area contributed by atoms with Gasteiger partial charge in [0.25, 0.3) is 5.91 Å². The highest BCUT2D eigenvalue weighted by molar-refractivity contribution is 7.99. The largest absolute Gasteiger partial charge is 0.355 e. The first kappa shape index (κ1) is 19.0. The Bertz CT molecular complexity index is 968. The van der Waals surface area contributed by atoms with Gasteiger partial charge in [0.15, 0.2) is 5.16 Å². The zero-order chi connectivity index (χ0) is 19.2. The zero-order valence-electron chi connectivity index (χ0n) is 15.4. The van der Waals surface area contributed by atoms with E-state index in [-0.39, 0.29) is 11.8 Å². The molecule has 0 aliphatic carbocycles. The van der Waals surface area contributed by atoms with E-state index in [2.05, 4.69) is 27.1 Å². The molecule has 0 fully saturated rings. The molecule has 3 aromatic rings. The minimum Gasteiger partial charge on any atom is -0.355 e. The Morgan fingerprint density at radius 3 is 2.74 bits per heavy atom. The third kappa shape index (κ3) is 4.49. The number of carbonyl (C=O) groups is 2. The van der Waals surface area contributed by atoms with E-state index in [1.165, 1.54) is 11.8 Å². The number of amides is 2. The number of aromatic nitrogens is 2. The van der Waals surface area contributed by atoms with E-state index < -0.39 is 0 Å². The van der Waals surface area contributed by atoms with E-state index in [4.69, 9.17) is 0 Å². The Labute approximate surface area is 162 Å². The minimum atomic E-state index is -0.141. The highest BCUT2D eigenvalue weighted by Gasteiger charge is 2.12. The summed E-state index contributed by atoms with van der Waals surface area (Å²) >= 11 is 1.43. The van der Waals surface area contributed by atoms with E-state index in [1.54, 1.807) is 19.2 Å². The standard InChI is InChI=1S/C20H22N4O2S/c1-3-24-17-10-5-4-9-16(17)23-20(24)27-13-18(25)22-12-14-7-6-8-15(11-14)19(26)21-2/h4-11H,3,12-13H2,1-2H3,(H,21,26)(H,22,25). The number of rotatable bonds is 7. The molecule has 0 saturated carbocycles. The summed E-state index contributed by atoms with van der Waals surface area (Å²) in [5.41, 5.74) is 3.48. The van der Waals surface area contributed by atoms with Gasteiger partial charge in [0, 0.05) is 25.7 Å². The van der Waals surface area contributed by atoms with Crippen LogP contribution in [0, 0.1) is 0 Å². The fraction of sp³-hybridized carbons (Fsp3) is 0.250. The Balaban J connectivity index is 1.58. The van der Waals surface area contributed by atoms with Crippen molar-refractivity contribution in [1.29, 1.82) is 0 Å². The number of nitrogens with zero attached hydrogens (tertiary/aromatic N) is 2. The maximum Gasteiger partial charge on any atom is 0.251 e. The lowest BCUT2D eigenvalue weighted by Crippen LogP contribution is -2.25. The van der Waals surface area contributed by atoms with Crippen LogP contribution in [-0.4, -0.2) is 34.2 Å². The van der Waals surface area contributed by atoms with E-state index in [0.717, 1.165) is 28.3 Å². The number of imidazole rings is 1. The fourth-order valence-electron chi connectivity index (χ4n) is 2.82. The molecule has 1 heterocycles. The van der Waals surface area contributed by atoms with Crippen molar-refractivity contribution in [1.82, 2.24) is 20.2 Å². The van der Waals surface area contributed by atoms with Gasteiger partial charge in [0.2, 0.25) is 5.91 Å². The van der Waals surface area contributed by atoms with Crippen molar-refractivity contribution in [3.63, 3.8) is 0 Å². The number of hydrogen-bond donors (Lipinski definition) is 2. The molecular formula is C20H22N4O2S. The predicted octanol–water partition coefficient (Wildman–Crippen LogP) is 2.82. The molecule has 6 nitrogen and oxygen atoms in total. The van der Waals surface area contributed by atoms with Crippen molar-refractivity contribution in [2.24, 2.45) is 0 Å². The Hall–Kier alpha value is -2.80. The summed E-state index contributed by atoms with van der Waals surface area (Å²) in [7, 11) is 1.59. The van der Waals surface area contributed by atoms with Gasteiger partial charge >= 0.3 is 0 Å². The molecule has 0 bridgehead atoms. The van der Waals surface area contributed by atoms with E-state index in [9.17, 15) is 9.59 Å². The van der Waals surface area contributed by atoms with Crippen LogP contribution in [0.4, 0.5) is 0 Å². The molecule has 27 heavy (non-hydrogen) atoms. The Morgan fingerprint density at radius 2 is 1.96 bits per heavy atom. The van der Waals surface area contributed by atoms with E-state index >= 15 is 0 Å². The smallest absolute Gasteiger partial charge is 0.251 e. The van der Waals surface area contributed by atoms with Crippen molar-refractivity contribution in [2.45, 2.75) is 25.2 Å². The topological polar surface area (TPSA) is 76.0 Å². The van der Waals surface area contributed by atoms with Crippen molar-refractivity contribution >= 4 is 34.6 Å². The van der Waals surface area contributed by atoms with Crippen molar-refractivity contribution in [2.75, 3.05) is 12.8 Å². The quantitative estimate of drug-likeness (QED) is 0.616. The highest BCUT2D eigenvalue weighted by atomic mass is 32.2. The molecule has 0 radical (unpaired) electrons. The molecule has 3 rings (SSSR count). The van der Waals surface area contributed by atoms with Crippen LogP contribution >= 0.6 is 11.8 Å². The van der Waals surface area contributed by atoms with Crippen LogP contribution in [0.15, 0.2) is 53.7 Å². The molecule has 7 heteroatoms. The summed E-state index contributed by atoms with van der Waals surface area (Å²) in [6, 6.07) is 15.2. The van der Waals surface area contributed by atoms with Crippen molar-refractivity contribution < 1.29 is 9.59 Å². The monoisotopic (exact) mass is 382 g/mol. The first-order chi connectivity index (χ1) is 13.1. The number of fused-ring (bicyclic) bond motifs is 1. The van der Waals surface area contributed by atoms with Gasteiger partial charge in [0.05, 0.1) is 16.8 Å². The van der Waals surface area contributed by atoms with Gasteiger partial charge in [-0.2, -0.15) is 0 Å². The summed E-state index contributed by atoms with van der Waals surface area (Å²) in [4.78, 5) is 28.5. The van der Waals surface area contributed by atoms with Crippen LogP contribution < -0.4 is 10.6 Å². The summed E-state index contributed by atoms with van der Waals surface area (Å²) in [5, 5.41) is 6.33. The van der Waals surface area contributed by atoms with Gasteiger partial charge in [-0.05, 0) is 36.8 Å². The van der Waals surface area contributed by atoms with Gasteiger partial charge in [-0.25, -0.2) is 4.98 Å². The summed E-state index contributed by atoms with van der Waals surface area (Å²) in [5.74, 6) is 0.0793. The lowest BCUT2D eigenvalue weighted by atomic mass is 10.1. The van der Waals surface area contributed by atoms with E-state index in [1.807, 2.05) is 36.4 Å². The van der Waals surface area contributed by atoms with Crippen LogP contribution in [-0.2, 0) is 17.9 Å². The molecule has 0 atom stereocenters. The first-order valence-corrected chi connectivity index (χ1v) is 9.76. The Morgan fingerprint density at radius 1 is 1.15 bits per heavy atom. The lowest BCUT2D eigenvalue weighted by molar-refractivity contribution is -0.118. The SMILES string of the molecule is CCn1c(SCC(=O)NCc2cccc(C(=O)NC)c2)nc2ccccc21. The average Bonchev–Trinajstić information content (AvgIpc) is 3.07. The third-order valence-electron chi connectivity index (χ3n) is 4.17. The van der Waals surface area contributed by atoms with Gasteiger partial charge in [-0.15, -0.1) is 0 Å². The molecule has 2 amide bonds. The van der Waals surface area contributed by atoms with Crippen molar-refractivity contribution in [3.05, 3.63) is 59.7 Å². The number of thioether (sulfide) groups is 1. The second-order valence-electron chi connectivity index (χ2n) is 5.97. The van der Waals surface area contributed by atoms with Crippen LogP contribution in [0.5, 0.6) is 0 Å². The fourth-order valence-corrected chi connectivity index (χ4v) is 3.73. The lowest BCUT2D eigenvalue weighted by Gasteiger charge is -2.08. The molecule has 0 aliphatic rings. The second kappa shape index (κ2) is 8.73.